The quantitative estimate of drug-likeness (QED) is 0.178. The van der Waals surface area contributed by atoms with Gasteiger partial charge in [-0.05, 0) is 52.9 Å². The number of benzene rings is 4. The molecule has 2 atom stereocenters. The van der Waals surface area contributed by atoms with Gasteiger partial charge in [0.1, 0.15) is 30.1 Å². The van der Waals surface area contributed by atoms with Gasteiger partial charge in [-0.25, -0.2) is 4.79 Å². The minimum absolute atomic E-state index is 0.00201. The number of aromatic hydroxyl groups is 2. The molecule has 4 amide bonds. The number of amides is 4. The van der Waals surface area contributed by atoms with E-state index in [0.29, 0.717) is 21.9 Å². The first-order valence-corrected chi connectivity index (χ1v) is 13.4. The molecule has 5 N–H and O–H groups in total. The van der Waals surface area contributed by atoms with Crippen LogP contribution in [0.15, 0.2) is 84.9 Å². The van der Waals surface area contributed by atoms with Crippen LogP contribution in [0.3, 0.4) is 0 Å². The van der Waals surface area contributed by atoms with E-state index in [0.717, 1.165) is 4.90 Å². The fraction of sp³-hybridized carbons (Fsp3) is 0.156. The van der Waals surface area contributed by atoms with Crippen LogP contribution in [-0.2, 0) is 27.2 Å². The van der Waals surface area contributed by atoms with E-state index in [1.807, 2.05) is 0 Å². The van der Waals surface area contributed by atoms with Gasteiger partial charge in [0.2, 0.25) is 11.8 Å². The second kappa shape index (κ2) is 12.0. The zero-order chi connectivity index (χ0) is 30.7. The van der Waals surface area contributed by atoms with Crippen molar-refractivity contribution in [2.24, 2.45) is 0 Å². The molecule has 0 aromatic heterocycles. The number of phenolic OH excluding ortho intramolecular Hbond substituents is 2. The number of hydrogen-bond acceptors (Lipinski definition) is 7. The molecule has 0 bridgehead atoms. The lowest BCUT2D eigenvalue weighted by atomic mass is 9.94. The molecule has 11 heteroatoms. The van der Waals surface area contributed by atoms with Crippen molar-refractivity contribution in [3.63, 3.8) is 0 Å². The highest BCUT2D eigenvalue weighted by Crippen LogP contribution is 2.29. The van der Waals surface area contributed by atoms with E-state index in [4.69, 9.17) is 0 Å². The van der Waals surface area contributed by atoms with Gasteiger partial charge in [0.15, 0.2) is 0 Å². The summed E-state index contributed by atoms with van der Waals surface area (Å²) in [6.45, 7) is -0.669. The van der Waals surface area contributed by atoms with Crippen LogP contribution in [0.25, 0.3) is 10.8 Å². The molecule has 4 aromatic rings. The van der Waals surface area contributed by atoms with E-state index in [1.54, 1.807) is 48.5 Å². The molecule has 1 heterocycles. The lowest BCUT2D eigenvalue weighted by Gasteiger charge is -2.28. The van der Waals surface area contributed by atoms with Crippen LogP contribution in [0.4, 0.5) is 0 Å². The molecule has 11 nitrogen and oxygen atoms in total. The van der Waals surface area contributed by atoms with Gasteiger partial charge in [-0.2, -0.15) is 0 Å². The van der Waals surface area contributed by atoms with Crippen LogP contribution >= 0.6 is 0 Å². The third-order valence-electron chi connectivity index (χ3n) is 7.18. The first-order valence-electron chi connectivity index (χ1n) is 13.4. The first-order chi connectivity index (χ1) is 20.6. The van der Waals surface area contributed by atoms with Gasteiger partial charge >= 0.3 is 5.97 Å². The lowest BCUT2D eigenvalue weighted by Crippen LogP contribution is -2.55. The average molecular weight is 582 g/mol. The fourth-order valence-electron chi connectivity index (χ4n) is 5.02. The van der Waals surface area contributed by atoms with Crippen LogP contribution in [0.5, 0.6) is 11.5 Å². The molecule has 0 saturated heterocycles. The van der Waals surface area contributed by atoms with Crippen LogP contribution < -0.4 is 10.6 Å². The Balaban J connectivity index is 1.35. The van der Waals surface area contributed by atoms with Crippen molar-refractivity contribution in [2.75, 3.05) is 6.54 Å². The SMILES string of the molecule is O=C(CN1C(=O)c2cccc3cccc(c23)C1=O)NC(Cc1ccc(O)cc1)C(=O)NC(Cc1ccc(O)cc1)C(=O)O. The molecule has 43 heavy (non-hydrogen) atoms. The topological polar surface area (TPSA) is 173 Å². The highest BCUT2D eigenvalue weighted by molar-refractivity contribution is 6.26. The number of phenols is 2. The summed E-state index contributed by atoms with van der Waals surface area (Å²) in [5.74, 6) is -4.23. The molecule has 0 saturated carbocycles. The van der Waals surface area contributed by atoms with Crippen molar-refractivity contribution in [1.82, 2.24) is 15.5 Å². The number of aliphatic carboxylic acids is 1. The lowest BCUT2D eigenvalue weighted by molar-refractivity contribution is -0.142. The Hall–Kier alpha value is -5.71. The van der Waals surface area contributed by atoms with Crippen molar-refractivity contribution < 1.29 is 39.3 Å². The third kappa shape index (κ3) is 6.30. The predicted molar refractivity (Wildman–Crippen MR) is 154 cm³/mol. The summed E-state index contributed by atoms with van der Waals surface area (Å²) in [7, 11) is 0. The van der Waals surface area contributed by atoms with Gasteiger partial charge in [-0.1, -0.05) is 48.5 Å². The molecule has 5 rings (SSSR count). The molecule has 1 aliphatic heterocycles. The number of carbonyl (C=O) groups is 5. The van der Waals surface area contributed by atoms with Crippen LogP contribution in [-0.4, -0.2) is 68.4 Å². The maximum absolute atomic E-state index is 13.4. The van der Waals surface area contributed by atoms with E-state index < -0.39 is 48.2 Å². The number of carbonyl (C=O) groups excluding carboxylic acids is 4. The summed E-state index contributed by atoms with van der Waals surface area (Å²) in [6.07, 6.45) is -0.170. The zero-order valence-corrected chi connectivity index (χ0v) is 22.7. The fourth-order valence-corrected chi connectivity index (χ4v) is 5.02. The predicted octanol–water partition coefficient (Wildman–Crippen LogP) is 2.39. The Kier molecular flexibility index (Phi) is 8.06. The number of carboxylic acid groups (broad SMARTS) is 1. The highest BCUT2D eigenvalue weighted by Gasteiger charge is 2.35. The molecular formula is C32H27N3O8. The van der Waals surface area contributed by atoms with Crippen LogP contribution in [0.1, 0.15) is 31.8 Å². The van der Waals surface area contributed by atoms with Gasteiger partial charge < -0.3 is 26.0 Å². The largest absolute Gasteiger partial charge is 0.508 e. The van der Waals surface area contributed by atoms with E-state index >= 15 is 0 Å². The molecule has 0 aliphatic carbocycles. The molecule has 0 spiro atoms. The van der Waals surface area contributed by atoms with Gasteiger partial charge in [0, 0.05) is 29.4 Å². The number of nitrogens with one attached hydrogen (secondary N) is 2. The minimum Gasteiger partial charge on any atom is -0.508 e. The Bertz CT molecular complexity index is 1680. The Morgan fingerprint density at radius 1 is 0.674 bits per heavy atom. The monoisotopic (exact) mass is 581 g/mol. The molecular weight excluding hydrogens is 554 g/mol. The van der Waals surface area contributed by atoms with Crippen molar-refractivity contribution in [3.05, 3.63) is 107 Å². The Morgan fingerprint density at radius 3 is 1.65 bits per heavy atom. The van der Waals surface area contributed by atoms with Crippen molar-refractivity contribution in [1.29, 1.82) is 0 Å². The van der Waals surface area contributed by atoms with E-state index in [2.05, 4.69) is 10.6 Å². The minimum atomic E-state index is -1.36. The van der Waals surface area contributed by atoms with Crippen molar-refractivity contribution in [2.45, 2.75) is 24.9 Å². The second-order valence-electron chi connectivity index (χ2n) is 10.2. The Morgan fingerprint density at radius 2 is 1.16 bits per heavy atom. The number of carboxylic acids is 1. The summed E-state index contributed by atoms with van der Waals surface area (Å²) in [5.41, 5.74) is 1.64. The maximum Gasteiger partial charge on any atom is 0.326 e. The van der Waals surface area contributed by atoms with Crippen molar-refractivity contribution in [3.8, 4) is 11.5 Å². The molecule has 218 valence electrons. The number of imide groups is 1. The molecule has 0 radical (unpaired) electrons. The molecule has 0 fully saturated rings. The summed E-state index contributed by atoms with van der Waals surface area (Å²) < 4.78 is 0. The van der Waals surface area contributed by atoms with Crippen LogP contribution in [0.2, 0.25) is 0 Å². The van der Waals surface area contributed by atoms with E-state index in [9.17, 15) is 39.3 Å². The average Bonchev–Trinajstić information content (AvgIpc) is 2.99. The zero-order valence-electron chi connectivity index (χ0n) is 22.7. The first kappa shape index (κ1) is 28.8. The summed E-state index contributed by atoms with van der Waals surface area (Å²) >= 11 is 0. The van der Waals surface area contributed by atoms with E-state index in [-0.39, 0.29) is 35.5 Å². The van der Waals surface area contributed by atoms with Crippen LogP contribution in [0, 0.1) is 0 Å². The van der Waals surface area contributed by atoms with Gasteiger partial charge in [0.05, 0.1) is 0 Å². The highest BCUT2D eigenvalue weighted by atomic mass is 16.4. The molecule has 4 aromatic carbocycles. The Labute approximate surface area is 245 Å². The summed E-state index contributed by atoms with van der Waals surface area (Å²) in [6, 6.07) is 19.2. The number of nitrogens with zero attached hydrogens (tertiary/aromatic N) is 1. The van der Waals surface area contributed by atoms with Crippen molar-refractivity contribution >= 4 is 40.4 Å². The van der Waals surface area contributed by atoms with Gasteiger partial charge in [-0.3, -0.25) is 24.1 Å². The smallest absolute Gasteiger partial charge is 0.326 e. The summed E-state index contributed by atoms with van der Waals surface area (Å²) in [5, 5.41) is 35.1. The second-order valence-corrected chi connectivity index (χ2v) is 10.2. The van der Waals surface area contributed by atoms with Gasteiger partial charge in [-0.15, -0.1) is 0 Å². The third-order valence-corrected chi connectivity index (χ3v) is 7.18. The summed E-state index contributed by atoms with van der Waals surface area (Å²) in [4.78, 5) is 65.9. The van der Waals surface area contributed by atoms with E-state index in [1.165, 1.54) is 36.4 Å². The molecule has 1 aliphatic rings. The number of rotatable bonds is 10. The number of hydrogen-bond donors (Lipinski definition) is 5. The molecule has 2 unspecified atom stereocenters. The maximum atomic E-state index is 13.4. The normalized spacial score (nSPS) is 13.8. The van der Waals surface area contributed by atoms with Gasteiger partial charge in [0.25, 0.3) is 11.8 Å². The standard InChI is InChI=1S/C32H27N3O8/c36-21-11-7-18(8-12-21)15-25(29(39)34-26(32(42)43)16-19-9-13-22(37)14-10-19)33-27(38)17-35-30(40)23-5-1-3-20-4-2-6-24(28(20)23)31(35)41/h1-14,25-26,36-37H,15-17H2,(H,33,38)(H,34,39)(H,42,43).